The Bertz CT molecular complexity index is 328. The molecular formula is C9H6BrF. The first-order chi connectivity index (χ1) is 5.25. The van der Waals surface area contributed by atoms with Gasteiger partial charge in [-0.05, 0) is 29.3 Å². The van der Waals surface area contributed by atoms with Crippen LogP contribution in [0.1, 0.15) is 11.1 Å². The van der Waals surface area contributed by atoms with Crippen LogP contribution >= 0.6 is 15.9 Å². The Morgan fingerprint density at radius 2 is 2.18 bits per heavy atom. The highest BCUT2D eigenvalue weighted by Crippen LogP contribution is 2.27. The van der Waals surface area contributed by atoms with E-state index in [1.54, 1.807) is 6.08 Å². The minimum atomic E-state index is -0.0434. The lowest BCUT2D eigenvalue weighted by molar-refractivity contribution is 0.627. The van der Waals surface area contributed by atoms with Crippen LogP contribution in [0.5, 0.6) is 0 Å². The van der Waals surface area contributed by atoms with Crippen molar-refractivity contribution in [2.75, 3.05) is 0 Å². The summed E-state index contributed by atoms with van der Waals surface area (Å²) in [6.45, 7) is 0. The lowest BCUT2D eigenvalue weighted by Gasteiger charge is -1.96. The molecule has 0 amide bonds. The molecule has 0 saturated heterocycles. The molecule has 0 N–H and O–H groups in total. The largest absolute Gasteiger partial charge is 0.211 e. The predicted molar refractivity (Wildman–Crippen MR) is 46.9 cm³/mol. The fraction of sp³-hybridized carbons (Fsp3) is 0.111. The van der Waals surface area contributed by atoms with E-state index in [0.29, 0.717) is 6.42 Å². The highest BCUT2D eigenvalue weighted by molar-refractivity contribution is 9.10. The number of fused-ring (bicyclic) bond motifs is 1. The topological polar surface area (TPSA) is 0 Å². The molecule has 2 heteroatoms. The first kappa shape index (κ1) is 7.04. The Hall–Kier alpha value is -0.630. The first-order valence-corrected chi connectivity index (χ1v) is 4.19. The minimum absolute atomic E-state index is 0.0434. The van der Waals surface area contributed by atoms with Crippen LogP contribution in [0.15, 0.2) is 28.5 Å². The van der Waals surface area contributed by atoms with Gasteiger partial charge in [0, 0.05) is 10.9 Å². The van der Waals surface area contributed by atoms with E-state index in [1.165, 1.54) is 0 Å². The smallest absolute Gasteiger partial charge is 0.105 e. The van der Waals surface area contributed by atoms with Crippen molar-refractivity contribution < 1.29 is 4.39 Å². The van der Waals surface area contributed by atoms with E-state index in [9.17, 15) is 4.39 Å². The third kappa shape index (κ3) is 1.23. The number of benzene rings is 1. The van der Waals surface area contributed by atoms with Crippen LogP contribution in [0.4, 0.5) is 4.39 Å². The molecule has 0 radical (unpaired) electrons. The molecule has 0 aliphatic heterocycles. The molecule has 2 rings (SSSR count). The molecule has 1 aliphatic carbocycles. The van der Waals surface area contributed by atoms with Gasteiger partial charge in [0.15, 0.2) is 0 Å². The zero-order valence-corrected chi connectivity index (χ0v) is 7.36. The third-order valence-corrected chi connectivity index (χ3v) is 2.27. The monoisotopic (exact) mass is 212 g/mol. The summed E-state index contributed by atoms with van der Waals surface area (Å²) in [5.41, 5.74) is 2.07. The molecule has 0 spiro atoms. The fourth-order valence-corrected chi connectivity index (χ4v) is 1.64. The van der Waals surface area contributed by atoms with Gasteiger partial charge >= 0.3 is 0 Å². The van der Waals surface area contributed by atoms with Gasteiger partial charge in [0.1, 0.15) is 5.83 Å². The van der Waals surface area contributed by atoms with Crippen molar-refractivity contribution in [2.24, 2.45) is 0 Å². The van der Waals surface area contributed by atoms with Crippen LogP contribution in [0.25, 0.3) is 6.08 Å². The molecule has 0 heterocycles. The van der Waals surface area contributed by atoms with E-state index in [4.69, 9.17) is 0 Å². The summed E-state index contributed by atoms with van der Waals surface area (Å²) in [6, 6.07) is 5.82. The Balaban J connectivity index is 2.54. The summed E-state index contributed by atoms with van der Waals surface area (Å²) in [6.07, 6.45) is 2.04. The van der Waals surface area contributed by atoms with Crippen LogP contribution in [0, 0.1) is 0 Å². The quantitative estimate of drug-likeness (QED) is 0.620. The van der Waals surface area contributed by atoms with Crippen molar-refractivity contribution in [1.29, 1.82) is 0 Å². The summed E-state index contributed by atoms with van der Waals surface area (Å²) in [4.78, 5) is 0. The lowest BCUT2D eigenvalue weighted by atomic mass is 10.1. The molecule has 0 nitrogen and oxygen atoms in total. The molecule has 0 aromatic heterocycles. The third-order valence-electron chi connectivity index (χ3n) is 1.78. The summed E-state index contributed by atoms with van der Waals surface area (Å²) in [5, 5.41) is 0. The Morgan fingerprint density at radius 1 is 1.36 bits per heavy atom. The highest BCUT2D eigenvalue weighted by atomic mass is 79.9. The van der Waals surface area contributed by atoms with Crippen molar-refractivity contribution in [2.45, 2.75) is 6.42 Å². The first-order valence-electron chi connectivity index (χ1n) is 3.40. The van der Waals surface area contributed by atoms with Crippen molar-refractivity contribution in [1.82, 2.24) is 0 Å². The average molecular weight is 213 g/mol. The average Bonchev–Trinajstić information content (AvgIpc) is 2.27. The zero-order valence-electron chi connectivity index (χ0n) is 5.77. The zero-order chi connectivity index (χ0) is 7.84. The van der Waals surface area contributed by atoms with Crippen LogP contribution in [0.3, 0.4) is 0 Å². The van der Waals surface area contributed by atoms with E-state index in [-0.39, 0.29) is 5.83 Å². The van der Waals surface area contributed by atoms with Gasteiger partial charge in [0.2, 0.25) is 0 Å². The normalized spacial score (nSPS) is 14.5. The van der Waals surface area contributed by atoms with Crippen molar-refractivity contribution in [3.63, 3.8) is 0 Å². The summed E-state index contributed by atoms with van der Waals surface area (Å²) in [7, 11) is 0. The maximum atomic E-state index is 12.7. The van der Waals surface area contributed by atoms with Gasteiger partial charge in [-0.25, -0.2) is 4.39 Å². The predicted octanol–water partition coefficient (Wildman–Crippen LogP) is 3.32. The van der Waals surface area contributed by atoms with Gasteiger partial charge in [-0.3, -0.25) is 0 Å². The maximum Gasteiger partial charge on any atom is 0.105 e. The Labute approximate surface area is 72.9 Å². The second kappa shape index (κ2) is 2.45. The summed E-state index contributed by atoms with van der Waals surface area (Å²) >= 11 is 3.33. The standard InChI is InChI=1S/C9H6BrF/c10-8-2-1-6-4-9(11)5-7(6)3-8/h1-3,5H,4H2. The van der Waals surface area contributed by atoms with E-state index in [0.717, 1.165) is 15.6 Å². The van der Waals surface area contributed by atoms with Crippen molar-refractivity contribution in [3.05, 3.63) is 39.6 Å². The fourth-order valence-electron chi connectivity index (χ4n) is 1.26. The van der Waals surface area contributed by atoms with Crippen LogP contribution in [0.2, 0.25) is 0 Å². The Morgan fingerprint density at radius 3 is 3.00 bits per heavy atom. The second-order valence-electron chi connectivity index (χ2n) is 2.61. The summed E-state index contributed by atoms with van der Waals surface area (Å²) in [5.74, 6) is -0.0434. The second-order valence-corrected chi connectivity index (χ2v) is 3.53. The van der Waals surface area contributed by atoms with E-state index in [1.807, 2.05) is 18.2 Å². The number of rotatable bonds is 0. The van der Waals surface area contributed by atoms with Gasteiger partial charge in [-0.2, -0.15) is 0 Å². The van der Waals surface area contributed by atoms with Gasteiger partial charge in [-0.1, -0.05) is 22.0 Å². The van der Waals surface area contributed by atoms with Gasteiger partial charge in [0.25, 0.3) is 0 Å². The van der Waals surface area contributed by atoms with E-state index in [2.05, 4.69) is 15.9 Å². The lowest BCUT2D eigenvalue weighted by Crippen LogP contribution is -1.80. The number of allylic oxidation sites excluding steroid dienone is 1. The SMILES string of the molecule is FC1=Cc2cc(Br)ccc2C1. The highest BCUT2D eigenvalue weighted by Gasteiger charge is 2.11. The van der Waals surface area contributed by atoms with E-state index >= 15 is 0 Å². The van der Waals surface area contributed by atoms with Crippen LogP contribution < -0.4 is 0 Å². The molecule has 56 valence electrons. The molecular weight excluding hydrogens is 207 g/mol. The minimum Gasteiger partial charge on any atom is -0.211 e. The van der Waals surface area contributed by atoms with Crippen molar-refractivity contribution >= 4 is 22.0 Å². The molecule has 1 aliphatic rings. The molecule has 0 bridgehead atoms. The van der Waals surface area contributed by atoms with Gasteiger partial charge in [0.05, 0.1) is 0 Å². The Kier molecular flexibility index (Phi) is 1.57. The molecule has 11 heavy (non-hydrogen) atoms. The molecule has 0 fully saturated rings. The number of hydrogen-bond donors (Lipinski definition) is 0. The molecule has 0 unspecified atom stereocenters. The molecule has 1 aromatic carbocycles. The number of halogens is 2. The molecule has 0 saturated carbocycles. The molecule has 1 aromatic rings. The molecule has 0 atom stereocenters. The number of hydrogen-bond acceptors (Lipinski definition) is 0. The van der Waals surface area contributed by atoms with Crippen LogP contribution in [-0.2, 0) is 6.42 Å². The maximum absolute atomic E-state index is 12.7. The van der Waals surface area contributed by atoms with Crippen molar-refractivity contribution in [3.8, 4) is 0 Å². The van der Waals surface area contributed by atoms with E-state index < -0.39 is 0 Å². The van der Waals surface area contributed by atoms with Gasteiger partial charge < -0.3 is 0 Å². The van der Waals surface area contributed by atoms with Gasteiger partial charge in [-0.15, -0.1) is 0 Å². The van der Waals surface area contributed by atoms with Crippen LogP contribution in [-0.4, -0.2) is 0 Å². The summed E-state index contributed by atoms with van der Waals surface area (Å²) < 4.78 is 13.7.